The fourth-order valence-corrected chi connectivity index (χ4v) is 4.46. The van der Waals surface area contributed by atoms with Gasteiger partial charge in [0.2, 0.25) is 0 Å². The van der Waals surface area contributed by atoms with Crippen LogP contribution in [-0.2, 0) is 14.3 Å². The summed E-state index contributed by atoms with van der Waals surface area (Å²) in [5, 5.41) is 9.22. The monoisotopic (exact) mass is 542 g/mol. The number of benzene rings is 3. The van der Waals surface area contributed by atoms with E-state index in [1.165, 1.54) is 7.11 Å². The van der Waals surface area contributed by atoms with Crippen molar-refractivity contribution in [2.45, 2.75) is 6.92 Å². The zero-order valence-corrected chi connectivity index (χ0v) is 23.2. The van der Waals surface area contributed by atoms with Gasteiger partial charge in [-0.05, 0) is 61.5 Å². The number of carbonyl (C=O) groups excluding carboxylic acids is 3. The van der Waals surface area contributed by atoms with Crippen molar-refractivity contribution in [2.24, 2.45) is 0 Å². The number of likely N-dealkylation sites (N-methyl/N-ethyl adjacent to an activating group) is 1. The molecule has 3 N–H and O–H groups in total. The molecule has 1 aliphatic rings. The van der Waals surface area contributed by atoms with E-state index in [-0.39, 0.29) is 11.8 Å². The first kappa shape index (κ1) is 28.5. The number of rotatable bonds is 11. The molecule has 9 heteroatoms. The number of methoxy groups -OCH3 is 2. The number of aryl methyl sites for hydroxylation is 1. The molecule has 1 aliphatic heterocycles. The van der Waals surface area contributed by atoms with Gasteiger partial charge in [-0.3, -0.25) is 9.59 Å². The fourth-order valence-electron chi connectivity index (χ4n) is 4.46. The van der Waals surface area contributed by atoms with Crippen LogP contribution in [0.25, 0.3) is 11.3 Å². The summed E-state index contributed by atoms with van der Waals surface area (Å²) >= 11 is 0. The van der Waals surface area contributed by atoms with Gasteiger partial charge < -0.3 is 30.3 Å². The van der Waals surface area contributed by atoms with Crippen molar-refractivity contribution in [2.75, 3.05) is 58.1 Å². The lowest BCUT2D eigenvalue weighted by Gasteiger charge is -2.17. The van der Waals surface area contributed by atoms with Crippen LogP contribution in [0.4, 0.5) is 11.4 Å². The van der Waals surface area contributed by atoms with E-state index in [1.54, 1.807) is 25.3 Å². The van der Waals surface area contributed by atoms with Crippen LogP contribution in [0.2, 0.25) is 0 Å². The predicted molar refractivity (Wildman–Crippen MR) is 156 cm³/mol. The quantitative estimate of drug-likeness (QED) is 0.248. The molecule has 0 aromatic heterocycles. The molecule has 3 aromatic carbocycles. The molecule has 3 aromatic rings. The SMILES string of the molecule is COCCN(C)CCNC(=O)c1ccc(N/C(=C2\C(=O)Nc3cc(C(=O)OC)c(C)cc32)c2ccccc2)cc1. The van der Waals surface area contributed by atoms with Crippen molar-refractivity contribution in [3.05, 3.63) is 94.5 Å². The van der Waals surface area contributed by atoms with E-state index in [9.17, 15) is 14.4 Å². The first-order valence-electron chi connectivity index (χ1n) is 13.0. The summed E-state index contributed by atoms with van der Waals surface area (Å²) in [6.45, 7) is 4.48. The Hall–Kier alpha value is -4.47. The molecule has 40 heavy (non-hydrogen) atoms. The van der Waals surface area contributed by atoms with Crippen LogP contribution in [0.3, 0.4) is 0 Å². The maximum Gasteiger partial charge on any atom is 0.338 e. The lowest BCUT2D eigenvalue weighted by atomic mass is 9.96. The van der Waals surface area contributed by atoms with Crippen LogP contribution in [0, 0.1) is 6.92 Å². The molecule has 1 heterocycles. The highest BCUT2D eigenvalue weighted by molar-refractivity contribution is 6.37. The summed E-state index contributed by atoms with van der Waals surface area (Å²) in [7, 11) is 4.97. The smallest absolute Gasteiger partial charge is 0.338 e. The highest BCUT2D eigenvalue weighted by Gasteiger charge is 2.30. The minimum atomic E-state index is -0.462. The molecule has 0 aliphatic carbocycles. The number of hydrogen-bond acceptors (Lipinski definition) is 7. The molecule has 0 bridgehead atoms. The average Bonchev–Trinajstić information content (AvgIpc) is 3.28. The summed E-state index contributed by atoms with van der Waals surface area (Å²) in [6.07, 6.45) is 0. The first-order valence-corrected chi connectivity index (χ1v) is 13.0. The zero-order valence-electron chi connectivity index (χ0n) is 23.2. The van der Waals surface area contributed by atoms with Crippen molar-refractivity contribution in [1.29, 1.82) is 0 Å². The third kappa shape index (κ3) is 6.56. The minimum Gasteiger partial charge on any atom is -0.465 e. The number of ether oxygens (including phenoxy) is 2. The largest absolute Gasteiger partial charge is 0.465 e. The van der Waals surface area contributed by atoms with Gasteiger partial charge in [0.05, 0.1) is 36.2 Å². The molecule has 0 saturated carbocycles. The number of fused-ring (bicyclic) bond motifs is 1. The van der Waals surface area contributed by atoms with Crippen LogP contribution in [0.5, 0.6) is 0 Å². The lowest BCUT2D eigenvalue weighted by molar-refractivity contribution is -0.110. The third-order valence-corrected chi connectivity index (χ3v) is 6.70. The Balaban J connectivity index is 1.59. The molecule has 0 spiro atoms. The van der Waals surface area contributed by atoms with E-state index < -0.39 is 5.97 Å². The van der Waals surface area contributed by atoms with E-state index in [2.05, 4.69) is 20.9 Å². The second kappa shape index (κ2) is 13.1. The van der Waals surface area contributed by atoms with Gasteiger partial charge in [-0.15, -0.1) is 0 Å². The summed E-state index contributed by atoms with van der Waals surface area (Å²) in [4.78, 5) is 40.2. The average molecular weight is 543 g/mol. The predicted octanol–water partition coefficient (Wildman–Crippen LogP) is 4.02. The van der Waals surface area contributed by atoms with Crippen molar-refractivity contribution in [3.63, 3.8) is 0 Å². The fraction of sp³-hybridized carbons (Fsp3) is 0.258. The maximum atomic E-state index is 13.3. The Kier molecular flexibility index (Phi) is 9.31. The molecular formula is C31H34N4O5. The number of esters is 1. The van der Waals surface area contributed by atoms with E-state index in [0.717, 1.165) is 12.1 Å². The normalized spacial score (nSPS) is 13.5. The Morgan fingerprint density at radius 3 is 2.35 bits per heavy atom. The van der Waals surface area contributed by atoms with Crippen LogP contribution >= 0.6 is 0 Å². The Morgan fingerprint density at radius 2 is 1.68 bits per heavy atom. The molecule has 0 radical (unpaired) electrons. The summed E-state index contributed by atoms with van der Waals surface area (Å²) < 4.78 is 9.97. The van der Waals surface area contributed by atoms with Gasteiger partial charge in [0, 0.05) is 43.6 Å². The number of amides is 2. The van der Waals surface area contributed by atoms with Crippen molar-refractivity contribution in [3.8, 4) is 0 Å². The first-order chi connectivity index (χ1) is 19.3. The Labute approximate surface area is 234 Å². The van der Waals surface area contributed by atoms with Crippen molar-refractivity contribution >= 4 is 40.4 Å². The highest BCUT2D eigenvalue weighted by atomic mass is 16.5. The molecule has 0 saturated heterocycles. The number of hydrogen-bond donors (Lipinski definition) is 3. The van der Waals surface area contributed by atoms with Crippen LogP contribution < -0.4 is 16.0 Å². The van der Waals surface area contributed by atoms with Crippen molar-refractivity contribution in [1.82, 2.24) is 10.2 Å². The van der Waals surface area contributed by atoms with Crippen LogP contribution in [-0.4, -0.2) is 70.2 Å². The molecule has 0 unspecified atom stereocenters. The number of nitrogens with zero attached hydrogens (tertiary/aromatic N) is 1. The third-order valence-electron chi connectivity index (χ3n) is 6.70. The highest BCUT2D eigenvalue weighted by Crippen LogP contribution is 2.39. The molecule has 208 valence electrons. The van der Waals surface area contributed by atoms with Gasteiger partial charge >= 0.3 is 5.97 Å². The Morgan fingerprint density at radius 1 is 0.950 bits per heavy atom. The van der Waals surface area contributed by atoms with E-state index in [0.29, 0.717) is 64.6 Å². The number of nitrogens with one attached hydrogen (secondary N) is 3. The molecular weight excluding hydrogens is 508 g/mol. The molecule has 2 amide bonds. The topological polar surface area (TPSA) is 109 Å². The second-order valence-corrected chi connectivity index (χ2v) is 9.53. The van der Waals surface area contributed by atoms with Gasteiger partial charge in [0.25, 0.3) is 11.8 Å². The summed E-state index contributed by atoms with van der Waals surface area (Å²) in [5.41, 5.74) is 5.46. The number of anilines is 2. The van der Waals surface area contributed by atoms with Gasteiger partial charge in [-0.1, -0.05) is 30.3 Å². The van der Waals surface area contributed by atoms with Gasteiger partial charge in [-0.25, -0.2) is 4.79 Å². The second-order valence-electron chi connectivity index (χ2n) is 9.53. The van der Waals surface area contributed by atoms with E-state index in [1.807, 2.05) is 62.5 Å². The Bertz CT molecular complexity index is 1420. The van der Waals surface area contributed by atoms with Crippen molar-refractivity contribution < 1.29 is 23.9 Å². The summed E-state index contributed by atoms with van der Waals surface area (Å²) in [6, 6.07) is 20.1. The lowest BCUT2D eigenvalue weighted by Crippen LogP contribution is -2.34. The van der Waals surface area contributed by atoms with Gasteiger partial charge in [0.15, 0.2) is 0 Å². The van der Waals surface area contributed by atoms with Gasteiger partial charge in [0.1, 0.15) is 0 Å². The standard InChI is InChI=1S/C31H34N4O5/c1-20-18-25-26(19-24(20)31(38)40-4)34-30(37)27(25)28(21-8-6-5-7-9-21)33-23-12-10-22(11-13-23)29(36)32-14-15-35(2)16-17-39-3/h5-13,18-19,33H,14-17H2,1-4H3,(H,32,36)(H,34,37)/b28-27-. The molecule has 0 fully saturated rings. The van der Waals surface area contributed by atoms with Gasteiger partial charge in [-0.2, -0.15) is 0 Å². The molecule has 0 atom stereocenters. The van der Waals surface area contributed by atoms with Crippen LogP contribution in [0.15, 0.2) is 66.7 Å². The van der Waals surface area contributed by atoms with Crippen LogP contribution in [0.1, 0.15) is 37.4 Å². The molecule has 4 rings (SSSR count). The van der Waals surface area contributed by atoms with E-state index in [4.69, 9.17) is 9.47 Å². The zero-order chi connectivity index (χ0) is 28.6. The number of carbonyl (C=O) groups is 3. The minimum absolute atomic E-state index is 0.158. The molecule has 9 nitrogen and oxygen atoms in total. The van der Waals surface area contributed by atoms with E-state index >= 15 is 0 Å². The maximum absolute atomic E-state index is 13.3. The summed E-state index contributed by atoms with van der Waals surface area (Å²) in [5.74, 6) is -0.904.